The minimum atomic E-state index is -0.689. The van der Waals surface area contributed by atoms with Crippen LogP contribution in [0.1, 0.15) is 24.1 Å². The van der Waals surface area contributed by atoms with Crippen molar-refractivity contribution in [1.29, 1.82) is 0 Å². The maximum absolute atomic E-state index is 12.1. The molecule has 0 bridgehead atoms. The number of esters is 1. The van der Waals surface area contributed by atoms with Crippen molar-refractivity contribution in [2.24, 2.45) is 0 Å². The van der Waals surface area contributed by atoms with Gasteiger partial charge in [0.1, 0.15) is 11.8 Å². The maximum atomic E-state index is 12.1. The number of carbonyl (C=O) groups excluding carboxylic acids is 1. The van der Waals surface area contributed by atoms with Crippen LogP contribution in [0.3, 0.4) is 0 Å². The molecule has 0 spiro atoms. The zero-order chi connectivity index (χ0) is 15.1. The Morgan fingerprint density at radius 1 is 1.14 bits per heavy atom. The van der Waals surface area contributed by atoms with Crippen molar-refractivity contribution in [3.63, 3.8) is 0 Å². The second-order valence-electron chi connectivity index (χ2n) is 4.61. The van der Waals surface area contributed by atoms with E-state index in [9.17, 15) is 9.90 Å². The lowest BCUT2D eigenvalue weighted by Crippen LogP contribution is -2.30. The fourth-order valence-corrected chi connectivity index (χ4v) is 2.09. The highest BCUT2D eigenvalue weighted by atomic mass is 16.5. The Kier molecular flexibility index (Phi) is 5.35. The molecule has 2 N–H and O–H groups in total. The predicted octanol–water partition coefficient (Wildman–Crippen LogP) is 2.79. The molecule has 0 saturated carbocycles. The zero-order valence-electron chi connectivity index (χ0n) is 12.0. The monoisotopic (exact) mass is 285 g/mol. The van der Waals surface area contributed by atoms with Crippen molar-refractivity contribution >= 4 is 5.97 Å². The van der Waals surface area contributed by atoms with Gasteiger partial charge in [0, 0.05) is 12.1 Å². The molecule has 4 heteroatoms. The highest BCUT2D eigenvalue weighted by Crippen LogP contribution is 2.25. The summed E-state index contributed by atoms with van der Waals surface area (Å²) in [5.41, 5.74) is 1.58. The first-order chi connectivity index (χ1) is 10.2. The van der Waals surface area contributed by atoms with E-state index in [1.165, 1.54) is 0 Å². The lowest BCUT2D eigenvalue weighted by Gasteiger charge is -2.18. The molecule has 4 nitrogen and oxygen atoms in total. The Labute approximate surface area is 124 Å². The molecule has 0 amide bonds. The number of benzene rings is 2. The molecular formula is C17H19NO3. The lowest BCUT2D eigenvalue weighted by atomic mass is 10.1. The van der Waals surface area contributed by atoms with E-state index in [-0.39, 0.29) is 5.75 Å². The van der Waals surface area contributed by atoms with Crippen LogP contribution in [0.4, 0.5) is 0 Å². The van der Waals surface area contributed by atoms with E-state index in [4.69, 9.17) is 4.74 Å². The summed E-state index contributed by atoms with van der Waals surface area (Å²) < 4.78 is 5.09. The summed E-state index contributed by atoms with van der Waals surface area (Å²) >= 11 is 0. The normalized spacial score (nSPS) is 11.9. The Bertz CT molecular complexity index is 584. The second-order valence-corrected chi connectivity index (χ2v) is 4.61. The number of ether oxygens (including phenoxy) is 1. The SMILES string of the molecule is CCOC(=O)C(NCc1ccccc1)c1ccccc1O. The van der Waals surface area contributed by atoms with Gasteiger partial charge in [0.25, 0.3) is 0 Å². The first-order valence-electron chi connectivity index (χ1n) is 6.94. The number of nitrogens with one attached hydrogen (secondary N) is 1. The molecule has 2 aromatic carbocycles. The number of phenols is 1. The lowest BCUT2D eigenvalue weighted by molar-refractivity contribution is -0.146. The van der Waals surface area contributed by atoms with Crippen LogP contribution in [-0.4, -0.2) is 17.7 Å². The molecule has 0 heterocycles. The average molecular weight is 285 g/mol. The van der Waals surface area contributed by atoms with Gasteiger partial charge in [-0.3, -0.25) is 5.32 Å². The van der Waals surface area contributed by atoms with E-state index in [2.05, 4.69) is 5.32 Å². The first kappa shape index (κ1) is 15.1. The minimum Gasteiger partial charge on any atom is -0.508 e. The highest BCUT2D eigenvalue weighted by molar-refractivity contribution is 5.78. The van der Waals surface area contributed by atoms with E-state index < -0.39 is 12.0 Å². The Hall–Kier alpha value is -2.33. The Balaban J connectivity index is 2.17. The van der Waals surface area contributed by atoms with E-state index in [0.717, 1.165) is 5.56 Å². The molecule has 2 aromatic rings. The fourth-order valence-electron chi connectivity index (χ4n) is 2.09. The van der Waals surface area contributed by atoms with Gasteiger partial charge in [-0.2, -0.15) is 0 Å². The topological polar surface area (TPSA) is 58.6 Å². The molecule has 0 aliphatic heterocycles. The summed E-state index contributed by atoms with van der Waals surface area (Å²) in [6.07, 6.45) is 0. The summed E-state index contributed by atoms with van der Waals surface area (Å²) in [5.74, 6) is -0.314. The van der Waals surface area contributed by atoms with Crippen LogP contribution in [0, 0.1) is 0 Å². The number of rotatable bonds is 6. The molecule has 1 atom stereocenters. The number of hydrogen-bond donors (Lipinski definition) is 2. The minimum absolute atomic E-state index is 0.0797. The van der Waals surface area contributed by atoms with Crippen molar-refractivity contribution < 1.29 is 14.6 Å². The van der Waals surface area contributed by atoms with Gasteiger partial charge >= 0.3 is 5.97 Å². The Morgan fingerprint density at radius 2 is 1.81 bits per heavy atom. The van der Waals surface area contributed by atoms with Crippen LogP contribution in [-0.2, 0) is 16.1 Å². The third kappa shape index (κ3) is 4.07. The van der Waals surface area contributed by atoms with Crippen molar-refractivity contribution in [3.8, 4) is 5.75 Å². The molecule has 0 radical (unpaired) electrons. The van der Waals surface area contributed by atoms with Gasteiger partial charge < -0.3 is 9.84 Å². The molecule has 1 unspecified atom stereocenters. The molecule has 0 saturated heterocycles. The van der Waals surface area contributed by atoms with Crippen molar-refractivity contribution in [2.75, 3.05) is 6.61 Å². The van der Waals surface area contributed by atoms with E-state index in [0.29, 0.717) is 18.7 Å². The van der Waals surface area contributed by atoms with E-state index >= 15 is 0 Å². The molecular weight excluding hydrogens is 266 g/mol. The van der Waals surface area contributed by atoms with Crippen LogP contribution in [0.25, 0.3) is 0 Å². The van der Waals surface area contributed by atoms with Crippen molar-refractivity contribution in [1.82, 2.24) is 5.32 Å². The van der Waals surface area contributed by atoms with Gasteiger partial charge in [0.2, 0.25) is 0 Å². The molecule has 0 aromatic heterocycles. The summed E-state index contributed by atoms with van der Waals surface area (Å²) in [5, 5.41) is 13.1. The second kappa shape index (κ2) is 7.45. The third-order valence-electron chi connectivity index (χ3n) is 3.12. The van der Waals surface area contributed by atoms with Gasteiger partial charge in [0.15, 0.2) is 0 Å². The predicted molar refractivity (Wildman–Crippen MR) is 80.8 cm³/mol. The van der Waals surface area contributed by atoms with Gasteiger partial charge in [-0.05, 0) is 18.6 Å². The Morgan fingerprint density at radius 3 is 2.48 bits per heavy atom. The van der Waals surface area contributed by atoms with E-state index in [1.54, 1.807) is 31.2 Å². The standard InChI is InChI=1S/C17H19NO3/c1-2-21-17(20)16(14-10-6-7-11-15(14)19)18-12-13-8-4-3-5-9-13/h3-11,16,18-19H,2,12H2,1H3. The molecule has 110 valence electrons. The summed E-state index contributed by atoms with van der Waals surface area (Å²) in [7, 11) is 0. The van der Waals surface area contributed by atoms with Crippen molar-refractivity contribution in [3.05, 3.63) is 65.7 Å². The van der Waals surface area contributed by atoms with Crippen LogP contribution < -0.4 is 5.32 Å². The number of para-hydroxylation sites is 1. The summed E-state index contributed by atoms with van der Waals surface area (Å²) in [4.78, 5) is 12.1. The van der Waals surface area contributed by atoms with Crippen LogP contribution >= 0.6 is 0 Å². The van der Waals surface area contributed by atoms with Crippen LogP contribution in [0.5, 0.6) is 5.75 Å². The highest BCUT2D eigenvalue weighted by Gasteiger charge is 2.23. The number of phenolic OH excluding ortho intramolecular Hbond substituents is 1. The molecule has 0 fully saturated rings. The van der Waals surface area contributed by atoms with Gasteiger partial charge in [-0.1, -0.05) is 48.5 Å². The molecule has 2 rings (SSSR count). The molecule has 0 aliphatic rings. The third-order valence-corrected chi connectivity index (χ3v) is 3.12. The fraction of sp³-hybridized carbons (Fsp3) is 0.235. The van der Waals surface area contributed by atoms with Gasteiger partial charge in [-0.25, -0.2) is 4.79 Å². The van der Waals surface area contributed by atoms with Crippen molar-refractivity contribution in [2.45, 2.75) is 19.5 Å². The summed E-state index contributed by atoms with van der Waals surface area (Å²) in [6, 6.07) is 15.9. The molecule has 21 heavy (non-hydrogen) atoms. The van der Waals surface area contributed by atoms with Gasteiger partial charge in [-0.15, -0.1) is 0 Å². The van der Waals surface area contributed by atoms with E-state index in [1.807, 2.05) is 30.3 Å². The molecule has 0 aliphatic carbocycles. The number of aromatic hydroxyl groups is 1. The zero-order valence-corrected chi connectivity index (χ0v) is 12.0. The number of carbonyl (C=O) groups is 1. The largest absolute Gasteiger partial charge is 0.508 e. The quantitative estimate of drug-likeness (QED) is 0.801. The van der Waals surface area contributed by atoms with Crippen LogP contribution in [0.15, 0.2) is 54.6 Å². The maximum Gasteiger partial charge on any atom is 0.327 e. The number of hydrogen-bond acceptors (Lipinski definition) is 4. The smallest absolute Gasteiger partial charge is 0.327 e. The summed E-state index contributed by atoms with van der Waals surface area (Å²) in [6.45, 7) is 2.58. The average Bonchev–Trinajstić information content (AvgIpc) is 2.50. The van der Waals surface area contributed by atoms with Crippen LogP contribution in [0.2, 0.25) is 0 Å². The first-order valence-corrected chi connectivity index (χ1v) is 6.94. The van der Waals surface area contributed by atoms with Gasteiger partial charge in [0.05, 0.1) is 6.61 Å².